The Bertz CT molecular complexity index is 762. The molecule has 0 aromatic heterocycles. The minimum absolute atomic E-state index is 0.0662. The van der Waals surface area contributed by atoms with Crippen molar-refractivity contribution in [2.24, 2.45) is 5.92 Å². The number of alkyl carbamates (subject to hydrolysis) is 1. The Kier molecular flexibility index (Phi) is 8.49. The molecule has 0 aliphatic heterocycles. The number of benzene rings is 2. The van der Waals surface area contributed by atoms with E-state index in [1.165, 1.54) is 7.11 Å². The third kappa shape index (κ3) is 6.70. The zero-order chi connectivity index (χ0) is 20.4. The van der Waals surface area contributed by atoms with E-state index in [4.69, 9.17) is 4.74 Å². The van der Waals surface area contributed by atoms with Crippen LogP contribution in [0.5, 0.6) is 0 Å². The van der Waals surface area contributed by atoms with Gasteiger partial charge in [-0.3, -0.25) is 4.79 Å². The predicted octanol–water partition coefficient (Wildman–Crippen LogP) is 3.40. The highest BCUT2D eigenvalue weighted by molar-refractivity contribution is 5.85. The second-order valence-electron chi connectivity index (χ2n) is 6.82. The van der Waals surface area contributed by atoms with E-state index in [1.807, 2.05) is 68.4 Å². The lowest BCUT2D eigenvalue weighted by Crippen LogP contribution is -2.49. The van der Waals surface area contributed by atoms with E-state index in [9.17, 15) is 9.59 Å². The first-order valence-electron chi connectivity index (χ1n) is 9.32. The zero-order valence-corrected chi connectivity index (χ0v) is 16.6. The van der Waals surface area contributed by atoms with Crippen LogP contribution in [-0.2, 0) is 34.0 Å². The van der Waals surface area contributed by atoms with Crippen LogP contribution in [0.15, 0.2) is 54.6 Å². The topological polar surface area (TPSA) is 76.7 Å². The van der Waals surface area contributed by atoms with Crippen LogP contribution in [-0.4, -0.2) is 25.2 Å². The van der Waals surface area contributed by atoms with Crippen molar-refractivity contribution in [2.75, 3.05) is 7.11 Å². The van der Waals surface area contributed by atoms with Crippen LogP contribution < -0.4 is 10.6 Å². The Labute approximate surface area is 166 Å². The Morgan fingerprint density at radius 3 is 2.21 bits per heavy atom. The summed E-state index contributed by atoms with van der Waals surface area (Å²) in [6, 6.07) is 17.1. The van der Waals surface area contributed by atoms with E-state index in [0.29, 0.717) is 19.8 Å². The second kappa shape index (κ2) is 11.1. The van der Waals surface area contributed by atoms with Crippen molar-refractivity contribution < 1.29 is 19.1 Å². The summed E-state index contributed by atoms with van der Waals surface area (Å²) in [6.07, 6.45) is -0.622. The summed E-state index contributed by atoms with van der Waals surface area (Å²) in [5.41, 5.74) is 3.10. The molecule has 150 valence electrons. The van der Waals surface area contributed by atoms with Gasteiger partial charge >= 0.3 is 6.09 Å². The quantitative estimate of drug-likeness (QED) is 0.695. The van der Waals surface area contributed by atoms with Gasteiger partial charge in [0.2, 0.25) is 5.91 Å². The van der Waals surface area contributed by atoms with Crippen molar-refractivity contribution in [3.63, 3.8) is 0 Å². The summed E-state index contributed by atoms with van der Waals surface area (Å²) in [5, 5.41) is 5.46. The standard InChI is InChI=1S/C22H28N2O4/c1-16(2)20(24-22(26)27-3)21(25)23-13-18-11-7-8-12-19(18)15-28-14-17-9-5-4-6-10-17/h4-12,16,20H,13-15H2,1-3H3,(H,23,25)(H,24,26). The summed E-state index contributed by atoms with van der Waals surface area (Å²) in [7, 11) is 1.27. The third-order valence-corrected chi connectivity index (χ3v) is 4.35. The SMILES string of the molecule is COC(=O)NC(C(=O)NCc1ccccc1COCc1ccccc1)C(C)C. The van der Waals surface area contributed by atoms with E-state index >= 15 is 0 Å². The van der Waals surface area contributed by atoms with Crippen molar-refractivity contribution in [3.05, 3.63) is 71.3 Å². The van der Waals surface area contributed by atoms with Crippen LogP contribution in [0.3, 0.4) is 0 Å². The Morgan fingerprint density at radius 2 is 1.57 bits per heavy atom. The molecule has 0 bridgehead atoms. The molecule has 0 aliphatic carbocycles. The van der Waals surface area contributed by atoms with Gasteiger partial charge < -0.3 is 20.1 Å². The number of ether oxygens (including phenoxy) is 2. The molecule has 0 saturated carbocycles. The van der Waals surface area contributed by atoms with Crippen LogP contribution in [0.2, 0.25) is 0 Å². The van der Waals surface area contributed by atoms with Gasteiger partial charge in [-0.1, -0.05) is 68.4 Å². The van der Waals surface area contributed by atoms with Gasteiger partial charge in [0, 0.05) is 6.54 Å². The normalized spacial score (nSPS) is 11.7. The third-order valence-electron chi connectivity index (χ3n) is 4.35. The average Bonchev–Trinajstić information content (AvgIpc) is 2.71. The first-order chi connectivity index (χ1) is 13.5. The van der Waals surface area contributed by atoms with Gasteiger partial charge in [0.25, 0.3) is 0 Å². The van der Waals surface area contributed by atoms with E-state index in [1.54, 1.807) is 0 Å². The smallest absolute Gasteiger partial charge is 0.407 e. The molecule has 28 heavy (non-hydrogen) atoms. The molecule has 2 aromatic rings. The highest BCUT2D eigenvalue weighted by Crippen LogP contribution is 2.12. The molecule has 2 aromatic carbocycles. The van der Waals surface area contributed by atoms with E-state index in [-0.39, 0.29) is 11.8 Å². The number of nitrogens with one attached hydrogen (secondary N) is 2. The molecule has 6 nitrogen and oxygen atoms in total. The predicted molar refractivity (Wildman–Crippen MR) is 107 cm³/mol. The molecule has 1 atom stereocenters. The van der Waals surface area contributed by atoms with Crippen molar-refractivity contribution >= 4 is 12.0 Å². The van der Waals surface area contributed by atoms with Crippen LogP contribution >= 0.6 is 0 Å². The number of carbonyl (C=O) groups is 2. The van der Waals surface area contributed by atoms with E-state index in [0.717, 1.165) is 16.7 Å². The van der Waals surface area contributed by atoms with Gasteiger partial charge in [0.05, 0.1) is 20.3 Å². The number of rotatable bonds is 9. The fourth-order valence-corrected chi connectivity index (χ4v) is 2.74. The zero-order valence-electron chi connectivity index (χ0n) is 16.6. The highest BCUT2D eigenvalue weighted by atomic mass is 16.5. The summed E-state index contributed by atoms with van der Waals surface area (Å²) >= 11 is 0. The average molecular weight is 384 g/mol. The number of methoxy groups -OCH3 is 1. The largest absolute Gasteiger partial charge is 0.453 e. The maximum Gasteiger partial charge on any atom is 0.407 e. The van der Waals surface area contributed by atoms with Gasteiger partial charge in [-0.25, -0.2) is 4.79 Å². The minimum atomic E-state index is -0.658. The maximum atomic E-state index is 12.5. The molecule has 2 rings (SSSR count). The van der Waals surface area contributed by atoms with Crippen LogP contribution in [0.1, 0.15) is 30.5 Å². The van der Waals surface area contributed by atoms with Crippen molar-refractivity contribution in [2.45, 2.75) is 39.6 Å². The van der Waals surface area contributed by atoms with Crippen molar-refractivity contribution in [3.8, 4) is 0 Å². The van der Waals surface area contributed by atoms with Gasteiger partial charge in [0.15, 0.2) is 0 Å². The van der Waals surface area contributed by atoms with Crippen LogP contribution in [0, 0.1) is 5.92 Å². The Hall–Kier alpha value is -2.86. The molecular formula is C22H28N2O4. The van der Waals surface area contributed by atoms with Gasteiger partial charge in [-0.2, -0.15) is 0 Å². The minimum Gasteiger partial charge on any atom is -0.453 e. The first-order valence-corrected chi connectivity index (χ1v) is 9.32. The molecule has 2 N–H and O–H groups in total. The molecule has 0 saturated heterocycles. The summed E-state index contributed by atoms with van der Waals surface area (Å²) in [5.74, 6) is -0.316. The van der Waals surface area contributed by atoms with Crippen LogP contribution in [0.4, 0.5) is 4.79 Å². The molecule has 0 heterocycles. The monoisotopic (exact) mass is 384 g/mol. The van der Waals surface area contributed by atoms with Crippen LogP contribution in [0.25, 0.3) is 0 Å². The molecule has 0 spiro atoms. The lowest BCUT2D eigenvalue weighted by atomic mass is 10.0. The second-order valence-corrected chi connectivity index (χ2v) is 6.82. The Balaban J connectivity index is 1.92. The molecule has 0 aliphatic rings. The number of hydrogen-bond acceptors (Lipinski definition) is 4. The number of carbonyl (C=O) groups excluding carboxylic acids is 2. The van der Waals surface area contributed by atoms with Gasteiger partial charge in [-0.15, -0.1) is 0 Å². The van der Waals surface area contributed by atoms with E-state index < -0.39 is 12.1 Å². The molecule has 1 unspecified atom stereocenters. The maximum absolute atomic E-state index is 12.5. The summed E-state index contributed by atoms with van der Waals surface area (Å²) in [6.45, 7) is 5.07. The lowest BCUT2D eigenvalue weighted by Gasteiger charge is -2.21. The van der Waals surface area contributed by atoms with Gasteiger partial charge in [0.1, 0.15) is 6.04 Å². The fraction of sp³-hybridized carbons (Fsp3) is 0.364. The number of amides is 2. The molecule has 2 amide bonds. The molecule has 0 fully saturated rings. The Morgan fingerprint density at radius 1 is 0.929 bits per heavy atom. The first kappa shape index (κ1) is 21.4. The summed E-state index contributed by atoms with van der Waals surface area (Å²) in [4.78, 5) is 24.0. The molecule has 0 radical (unpaired) electrons. The molecular weight excluding hydrogens is 356 g/mol. The fourth-order valence-electron chi connectivity index (χ4n) is 2.74. The number of hydrogen-bond donors (Lipinski definition) is 2. The van der Waals surface area contributed by atoms with Crippen molar-refractivity contribution in [1.29, 1.82) is 0 Å². The van der Waals surface area contributed by atoms with Crippen molar-refractivity contribution in [1.82, 2.24) is 10.6 Å². The van der Waals surface area contributed by atoms with E-state index in [2.05, 4.69) is 15.4 Å². The summed E-state index contributed by atoms with van der Waals surface area (Å²) < 4.78 is 10.4. The van der Waals surface area contributed by atoms with Gasteiger partial charge in [-0.05, 0) is 22.6 Å². The molecule has 6 heteroatoms. The highest BCUT2D eigenvalue weighted by Gasteiger charge is 2.24. The lowest BCUT2D eigenvalue weighted by molar-refractivity contribution is -0.124.